The van der Waals surface area contributed by atoms with E-state index in [-0.39, 0.29) is 5.41 Å². The Balaban J connectivity index is 2.21. The van der Waals surface area contributed by atoms with E-state index in [9.17, 15) is 0 Å². The number of anilines is 2. The molecule has 26 heavy (non-hydrogen) atoms. The Hall–Kier alpha value is -2.74. The zero-order valence-corrected chi connectivity index (χ0v) is 16.4. The van der Waals surface area contributed by atoms with E-state index in [1.807, 2.05) is 13.2 Å². The topological polar surface area (TPSA) is 24.1 Å². The molecule has 0 spiro atoms. The fraction of sp³-hybridized carbons (Fsp3) is 0.250. The van der Waals surface area contributed by atoms with Crippen LogP contribution in [-0.2, 0) is 5.41 Å². The molecule has 3 rings (SSSR count). The molecule has 0 aliphatic rings. The summed E-state index contributed by atoms with van der Waals surface area (Å²) in [7, 11) is 1.93. The summed E-state index contributed by atoms with van der Waals surface area (Å²) < 4.78 is 0. The number of hydrogen-bond acceptors (Lipinski definition) is 2. The van der Waals surface area contributed by atoms with Crippen LogP contribution in [0.2, 0.25) is 0 Å². The monoisotopic (exact) mass is 344 g/mol. The van der Waals surface area contributed by atoms with E-state index in [1.165, 1.54) is 27.5 Å². The van der Waals surface area contributed by atoms with E-state index >= 15 is 0 Å². The van der Waals surface area contributed by atoms with Gasteiger partial charge < -0.3 is 10.6 Å². The van der Waals surface area contributed by atoms with Crippen molar-refractivity contribution in [1.82, 2.24) is 5.32 Å². The van der Waals surface area contributed by atoms with Crippen LogP contribution in [0.3, 0.4) is 0 Å². The van der Waals surface area contributed by atoms with Crippen LogP contribution in [0.25, 0.3) is 16.8 Å². The number of rotatable bonds is 4. The van der Waals surface area contributed by atoms with Gasteiger partial charge in [0.15, 0.2) is 0 Å². The fourth-order valence-corrected chi connectivity index (χ4v) is 3.35. The Bertz CT molecular complexity index is 946. The summed E-state index contributed by atoms with van der Waals surface area (Å²) in [6, 6.07) is 19.4. The van der Waals surface area contributed by atoms with Crippen LogP contribution in [0, 0.1) is 6.92 Å². The van der Waals surface area contributed by atoms with Crippen LogP contribution in [0.5, 0.6) is 0 Å². The van der Waals surface area contributed by atoms with Crippen LogP contribution < -0.4 is 10.6 Å². The molecular weight excluding hydrogens is 316 g/mol. The number of para-hydroxylation sites is 1. The third-order valence-corrected chi connectivity index (χ3v) is 4.74. The fourth-order valence-electron chi connectivity index (χ4n) is 3.35. The summed E-state index contributed by atoms with van der Waals surface area (Å²) >= 11 is 0. The second-order valence-corrected chi connectivity index (χ2v) is 7.74. The van der Waals surface area contributed by atoms with Crippen molar-refractivity contribution in [3.8, 4) is 0 Å². The molecule has 0 bridgehead atoms. The molecule has 0 amide bonds. The summed E-state index contributed by atoms with van der Waals surface area (Å²) in [6.07, 6.45) is 4.14. The highest BCUT2D eigenvalue weighted by atomic mass is 14.9. The van der Waals surface area contributed by atoms with Crippen molar-refractivity contribution >= 4 is 28.2 Å². The summed E-state index contributed by atoms with van der Waals surface area (Å²) in [5.41, 5.74) is 6.17. The molecule has 3 aromatic rings. The lowest BCUT2D eigenvalue weighted by Crippen LogP contribution is -2.11. The minimum atomic E-state index is 0.106. The SMILES string of the molecule is CN/C=C\c1c(Nc2ccccc2C)ccc2c(C(C)(C)C)cccc12. The van der Waals surface area contributed by atoms with Gasteiger partial charge >= 0.3 is 0 Å². The molecule has 0 saturated carbocycles. The second kappa shape index (κ2) is 7.25. The summed E-state index contributed by atoms with van der Waals surface area (Å²) in [4.78, 5) is 0. The minimum absolute atomic E-state index is 0.106. The molecule has 134 valence electrons. The number of benzene rings is 3. The standard InChI is InChI=1S/C24H28N2/c1-17-9-6-7-12-22(17)26-23-14-13-19-18(20(23)15-16-25-5)10-8-11-21(19)24(2,3)4/h6-16,25-26H,1-5H3/b16-15-. The van der Waals surface area contributed by atoms with E-state index in [2.05, 4.69) is 99.0 Å². The van der Waals surface area contributed by atoms with Crippen molar-refractivity contribution in [1.29, 1.82) is 0 Å². The first-order valence-electron chi connectivity index (χ1n) is 9.14. The molecule has 0 saturated heterocycles. The highest BCUT2D eigenvalue weighted by molar-refractivity contribution is 5.98. The molecule has 2 heteroatoms. The molecule has 0 aliphatic carbocycles. The third-order valence-electron chi connectivity index (χ3n) is 4.74. The van der Waals surface area contributed by atoms with Crippen molar-refractivity contribution in [3.63, 3.8) is 0 Å². The second-order valence-electron chi connectivity index (χ2n) is 7.74. The molecule has 0 aromatic heterocycles. The van der Waals surface area contributed by atoms with Gasteiger partial charge in [-0.15, -0.1) is 0 Å². The van der Waals surface area contributed by atoms with E-state index in [1.54, 1.807) is 0 Å². The predicted molar refractivity (Wildman–Crippen MR) is 115 cm³/mol. The zero-order chi connectivity index (χ0) is 18.7. The van der Waals surface area contributed by atoms with Crippen LogP contribution in [0.1, 0.15) is 37.5 Å². The van der Waals surface area contributed by atoms with Gasteiger partial charge in [-0.25, -0.2) is 0 Å². The average Bonchev–Trinajstić information content (AvgIpc) is 2.61. The average molecular weight is 345 g/mol. The highest BCUT2D eigenvalue weighted by Crippen LogP contribution is 2.36. The maximum absolute atomic E-state index is 3.62. The first kappa shape index (κ1) is 18.1. The van der Waals surface area contributed by atoms with Crippen LogP contribution in [0.4, 0.5) is 11.4 Å². The Labute approximate surface area is 156 Å². The normalized spacial score (nSPS) is 11.9. The van der Waals surface area contributed by atoms with Crippen molar-refractivity contribution < 1.29 is 0 Å². The van der Waals surface area contributed by atoms with Gasteiger partial charge in [0.2, 0.25) is 0 Å². The summed E-state index contributed by atoms with van der Waals surface area (Å²) in [6.45, 7) is 8.93. The highest BCUT2D eigenvalue weighted by Gasteiger charge is 2.18. The molecule has 0 unspecified atom stereocenters. The smallest absolute Gasteiger partial charge is 0.0464 e. The van der Waals surface area contributed by atoms with Crippen LogP contribution in [0.15, 0.2) is 60.8 Å². The molecule has 3 aromatic carbocycles. The molecule has 2 nitrogen and oxygen atoms in total. The quantitative estimate of drug-likeness (QED) is 0.574. The van der Waals surface area contributed by atoms with Gasteiger partial charge in [0.25, 0.3) is 0 Å². The van der Waals surface area contributed by atoms with Crippen molar-refractivity contribution in [2.45, 2.75) is 33.1 Å². The van der Waals surface area contributed by atoms with Crippen molar-refractivity contribution in [2.75, 3.05) is 12.4 Å². The van der Waals surface area contributed by atoms with Crippen LogP contribution >= 0.6 is 0 Å². The first-order valence-corrected chi connectivity index (χ1v) is 9.14. The van der Waals surface area contributed by atoms with Gasteiger partial charge in [0.1, 0.15) is 0 Å². The Morgan fingerprint density at radius 2 is 1.58 bits per heavy atom. The maximum atomic E-state index is 3.62. The number of aryl methyl sites for hydroxylation is 1. The van der Waals surface area contributed by atoms with Crippen molar-refractivity contribution in [3.05, 3.63) is 77.5 Å². The van der Waals surface area contributed by atoms with Gasteiger partial charge in [-0.1, -0.05) is 63.2 Å². The number of nitrogens with one attached hydrogen (secondary N) is 2. The summed E-state index contributed by atoms with van der Waals surface area (Å²) in [5.74, 6) is 0. The van der Waals surface area contributed by atoms with Gasteiger partial charge in [-0.05, 0) is 58.6 Å². The van der Waals surface area contributed by atoms with E-state index in [0.717, 1.165) is 11.4 Å². The molecular formula is C24H28N2. The molecule has 0 heterocycles. The zero-order valence-electron chi connectivity index (χ0n) is 16.4. The lowest BCUT2D eigenvalue weighted by molar-refractivity contribution is 0.596. The summed E-state index contributed by atoms with van der Waals surface area (Å²) in [5, 5.41) is 9.32. The van der Waals surface area contributed by atoms with Gasteiger partial charge in [0, 0.05) is 24.0 Å². The minimum Gasteiger partial charge on any atom is -0.394 e. The van der Waals surface area contributed by atoms with E-state index < -0.39 is 0 Å². The number of hydrogen-bond donors (Lipinski definition) is 2. The largest absolute Gasteiger partial charge is 0.394 e. The third kappa shape index (κ3) is 3.60. The van der Waals surface area contributed by atoms with Gasteiger partial charge in [-0.2, -0.15) is 0 Å². The Morgan fingerprint density at radius 3 is 2.27 bits per heavy atom. The lowest BCUT2D eigenvalue weighted by atomic mass is 9.83. The molecule has 0 atom stereocenters. The predicted octanol–water partition coefficient (Wildman–Crippen LogP) is 6.38. The molecule has 0 radical (unpaired) electrons. The Kier molecular flexibility index (Phi) is 5.03. The molecule has 0 fully saturated rings. The maximum Gasteiger partial charge on any atom is 0.0464 e. The van der Waals surface area contributed by atoms with Crippen molar-refractivity contribution in [2.24, 2.45) is 0 Å². The van der Waals surface area contributed by atoms with Gasteiger partial charge in [-0.3, -0.25) is 0 Å². The lowest BCUT2D eigenvalue weighted by Gasteiger charge is -2.23. The number of fused-ring (bicyclic) bond motifs is 1. The van der Waals surface area contributed by atoms with Crippen LogP contribution in [-0.4, -0.2) is 7.05 Å². The molecule has 0 aliphatic heterocycles. The van der Waals surface area contributed by atoms with Gasteiger partial charge in [0.05, 0.1) is 0 Å². The van der Waals surface area contributed by atoms with E-state index in [4.69, 9.17) is 0 Å². The Morgan fingerprint density at radius 1 is 0.808 bits per heavy atom. The molecule has 2 N–H and O–H groups in total. The first-order chi connectivity index (χ1) is 12.4. The van der Waals surface area contributed by atoms with E-state index in [0.29, 0.717) is 0 Å².